The van der Waals surface area contributed by atoms with E-state index in [2.05, 4.69) is 6.07 Å². The molecule has 1 aromatic carbocycles. The third-order valence-electron chi connectivity index (χ3n) is 4.50. The van der Waals surface area contributed by atoms with Crippen LogP contribution in [0.25, 0.3) is 0 Å². The summed E-state index contributed by atoms with van der Waals surface area (Å²) >= 11 is 6.18. The molecule has 19 heavy (non-hydrogen) atoms. The van der Waals surface area contributed by atoms with Crippen LogP contribution in [0.3, 0.4) is 0 Å². The molecule has 0 heterocycles. The summed E-state index contributed by atoms with van der Waals surface area (Å²) in [5.41, 5.74) is 7.57. The lowest BCUT2D eigenvalue weighted by Gasteiger charge is -2.28. The minimum Gasteiger partial charge on any atom is -0.495 e. The molecule has 2 N–H and O–H groups in total. The van der Waals surface area contributed by atoms with E-state index >= 15 is 0 Å². The van der Waals surface area contributed by atoms with Gasteiger partial charge in [-0.25, -0.2) is 0 Å². The Morgan fingerprint density at radius 3 is 2.58 bits per heavy atom. The number of ether oxygens (including phenoxy) is 1. The first kappa shape index (κ1) is 14.7. The number of benzene rings is 1. The minimum absolute atomic E-state index is 0.487. The Morgan fingerprint density at radius 1 is 1.26 bits per heavy atom. The van der Waals surface area contributed by atoms with Crippen molar-refractivity contribution in [3.8, 4) is 5.75 Å². The highest BCUT2D eigenvalue weighted by Crippen LogP contribution is 2.44. The van der Waals surface area contributed by atoms with Crippen molar-refractivity contribution < 1.29 is 4.74 Å². The third-order valence-corrected chi connectivity index (χ3v) is 4.79. The Labute approximate surface area is 121 Å². The van der Waals surface area contributed by atoms with E-state index in [-0.39, 0.29) is 0 Å². The van der Waals surface area contributed by atoms with Crippen LogP contribution in [0.2, 0.25) is 5.02 Å². The fourth-order valence-corrected chi connectivity index (χ4v) is 3.61. The predicted octanol–water partition coefficient (Wildman–Crippen LogP) is 4.19. The van der Waals surface area contributed by atoms with E-state index in [0.29, 0.717) is 10.4 Å². The number of rotatable bonds is 6. The smallest absolute Gasteiger partial charge is 0.137 e. The van der Waals surface area contributed by atoms with Crippen molar-refractivity contribution in [1.82, 2.24) is 0 Å². The van der Waals surface area contributed by atoms with Crippen molar-refractivity contribution in [2.75, 3.05) is 13.7 Å². The van der Waals surface area contributed by atoms with Crippen molar-refractivity contribution in [2.24, 2.45) is 11.1 Å². The van der Waals surface area contributed by atoms with Gasteiger partial charge >= 0.3 is 0 Å². The highest BCUT2D eigenvalue weighted by molar-refractivity contribution is 6.32. The van der Waals surface area contributed by atoms with Gasteiger partial charge in [-0.3, -0.25) is 0 Å². The average molecular weight is 282 g/mol. The van der Waals surface area contributed by atoms with Gasteiger partial charge in [-0.05, 0) is 61.8 Å². The lowest BCUT2D eigenvalue weighted by Crippen LogP contribution is -2.21. The summed E-state index contributed by atoms with van der Waals surface area (Å²) in [4.78, 5) is 0. The first-order valence-electron chi connectivity index (χ1n) is 7.22. The lowest BCUT2D eigenvalue weighted by molar-refractivity contribution is 0.253. The van der Waals surface area contributed by atoms with Crippen molar-refractivity contribution >= 4 is 11.6 Å². The van der Waals surface area contributed by atoms with Gasteiger partial charge in [0.25, 0.3) is 0 Å². The zero-order valence-corrected chi connectivity index (χ0v) is 12.5. The van der Waals surface area contributed by atoms with Crippen molar-refractivity contribution in [1.29, 1.82) is 0 Å². The molecule has 0 aromatic heterocycles. The number of methoxy groups -OCH3 is 1. The first-order chi connectivity index (χ1) is 9.19. The maximum atomic E-state index is 6.18. The third kappa shape index (κ3) is 3.64. The summed E-state index contributed by atoms with van der Waals surface area (Å²) < 4.78 is 5.19. The fraction of sp³-hybridized carbons (Fsp3) is 0.625. The van der Waals surface area contributed by atoms with E-state index in [0.717, 1.165) is 25.1 Å². The van der Waals surface area contributed by atoms with Gasteiger partial charge in [0.05, 0.1) is 12.1 Å². The van der Waals surface area contributed by atoms with Crippen LogP contribution in [0, 0.1) is 5.41 Å². The molecule has 0 unspecified atom stereocenters. The molecule has 1 fully saturated rings. The van der Waals surface area contributed by atoms with Crippen LogP contribution in [0.5, 0.6) is 5.75 Å². The van der Waals surface area contributed by atoms with Crippen LogP contribution < -0.4 is 10.5 Å². The number of halogens is 1. The topological polar surface area (TPSA) is 35.2 Å². The van der Waals surface area contributed by atoms with Gasteiger partial charge < -0.3 is 10.5 Å². The molecule has 0 radical (unpaired) electrons. The predicted molar refractivity (Wildman–Crippen MR) is 80.9 cm³/mol. The molecule has 3 heteroatoms. The fourth-order valence-electron chi connectivity index (χ4n) is 3.33. The van der Waals surface area contributed by atoms with Crippen molar-refractivity contribution in [3.05, 3.63) is 28.8 Å². The molecule has 1 aromatic rings. The van der Waals surface area contributed by atoms with Gasteiger partial charge in [0, 0.05) is 0 Å². The van der Waals surface area contributed by atoms with Crippen LogP contribution in [-0.4, -0.2) is 13.7 Å². The Morgan fingerprint density at radius 2 is 2.00 bits per heavy atom. The quantitative estimate of drug-likeness (QED) is 0.848. The van der Waals surface area contributed by atoms with E-state index < -0.39 is 0 Å². The van der Waals surface area contributed by atoms with Gasteiger partial charge in [0.2, 0.25) is 0 Å². The summed E-state index contributed by atoms with van der Waals surface area (Å²) in [6.45, 7) is 0.809. The second-order valence-electron chi connectivity index (χ2n) is 5.71. The zero-order valence-electron chi connectivity index (χ0n) is 11.8. The van der Waals surface area contributed by atoms with Gasteiger partial charge in [0.15, 0.2) is 0 Å². The second-order valence-corrected chi connectivity index (χ2v) is 6.12. The molecule has 2 nitrogen and oxygen atoms in total. The summed E-state index contributed by atoms with van der Waals surface area (Å²) in [5, 5.41) is 0.708. The van der Waals surface area contributed by atoms with Crippen molar-refractivity contribution in [3.63, 3.8) is 0 Å². The van der Waals surface area contributed by atoms with Gasteiger partial charge in [-0.15, -0.1) is 0 Å². The molecule has 0 atom stereocenters. The minimum atomic E-state index is 0.487. The van der Waals surface area contributed by atoms with Gasteiger partial charge in [0.1, 0.15) is 5.75 Å². The second kappa shape index (κ2) is 6.62. The molecule has 1 aliphatic rings. The Balaban J connectivity index is 1.99. The van der Waals surface area contributed by atoms with E-state index in [4.69, 9.17) is 22.1 Å². The van der Waals surface area contributed by atoms with Crippen molar-refractivity contribution in [2.45, 2.75) is 44.9 Å². The Kier molecular flexibility index (Phi) is 5.12. The van der Waals surface area contributed by atoms with E-state index in [9.17, 15) is 0 Å². The summed E-state index contributed by atoms with van der Waals surface area (Å²) in [5.74, 6) is 0.753. The molecule has 1 saturated carbocycles. The van der Waals surface area contributed by atoms with Crippen LogP contribution in [0.1, 0.15) is 44.1 Å². The monoisotopic (exact) mass is 281 g/mol. The number of hydrogen-bond acceptors (Lipinski definition) is 2. The summed E-state index contributed by atoms with van der Waals surface area (Å²) in [6.07, 6.45) is 8.89. The highest BCUT2D eigenvalue weighted by Gasteiger charge is 2.32. The number of aryl methyl sites for hydroxylation is 1. The molecular formula is C16H24ClNO. The molecule has 2 rings (SSSR count). The molecule has 0 bridgehead atoms. The largest absolute Gasteiger partial charge is 0.495 e. The van der Waals surface area contributed by atoms with E-state index in [1.54, 1.807) is 7.11 Å². The Bertz CT molecular complexity index is 413. The van der Waals surface area contributed by atoms with Crippen LogP contribution >= 0.6 is 11.6 Å². The standard InChI is InChI=1S/C16H24ClNO/c1-19-15-5-4-13(12-14(15)17)6-9-16(10-11-18)7-2-3-8-16/h4-5,12H,2-3,6-11,18H2,1H3. The molecule has 0 amide bonds. The first-order valence-corrected chi connectivity index (χ1v) is 7.59. The molecular weight excluding hydrogens is 258 g/mol. The SMILES string of the molecule is COc1ccc(CCC2(CCN)CCCC2)cc1Cl. The molecule has 106 valence electrons. The maximum absolute atomic E-state index is 6.18. The van der Waals surface area contributed by atoms with Gasteiger partial charge in [-0.1, -0.05) is 30.5 Å². The lowest BCUT2D eigenvalue weighted by atomic mass is 9.78. The van der Waals surface area contributed by atoms with E-state index in [1.807, 2.05) is 12.1 Å². The average Bonchev–Trinajstić information content (AvgIpc) is 2.86. The molecule has 0 aliphatic heterocycles. The number of nitrogens with two attached hydrogens (primary N) is 1. The highest BCUT2D eigenvalue weighted by atomic mass is 35.5. The Hall–Kier alpha value is -0.730. The van der Waals surface area contributed by atoms with Crippen LogP contribution in [-0.2, 0) is 6.42 Å². The van der Waals surface area contributed by atoms with Crippen LogP contribution in [0.4, 0.5) is 0 Å². The van der Waals surface area contributed by atoms with Crippen LogP contribution in [0.15, 0.2) is 18.2 Å². The molecule has 0 saturated heterocycles. The zero-order chi connectivity index (χ0) is 13.7. The maximum Gasteiger partial charge on any atom is 0.137 e. The normalized spacial score (nSPS) is 17.6. The van der Waals surface area contributed by atoms with Gasteiger partial charge in [-0.2, -0.15) is 0 Å². The molecule has 0 spiro atoms. The summed E-state index contributed by atoms with van der Waals surface area (Å²) in [7, 11) is 1.65. The summed E-state index contributed by atoms with van der Waals surface area (Å²) in [6, 6.07) is 6.11. The van der Waals surface area contributed by atoms with E-state index in [1.165, 1.54) is 37.7 Å². The number of hydrogen-bond donors (Lipinski definition) is 1. The molecule has 1 aliphatic carbocycles.